The summed E-state index contributed by atoms with van der Waals surface area (Å²) in [6.07, 6.45) is 1.90. The van der Waals surface area contributed by atoms with Crippen LogP contribution in [-0.2, 0) is 17.9 Å². The average Bonchev–Trinajstić information content (AvgIpc) is 3.17. The van der Waals surface area contributed by atoms with Gasteiger partial charge >= 0.3 is 0 Å². The average molecular weight is 369 g/mol. The maximum absolute atomic E-state index is 12.9. The highest BCUT2D eigenvalue weighted by Crippen LogP contribution is 2.30. The second-order valence-electron chi connectivity index (χ2n) is 7.40. The summed E-state index contributed by atoms with van der Waals surface area (Å²) in [5.41, 5.74) is 1.03. The van der Waals surface area contributed by atoms with E-state index < -0.39 is 0 Å². The van der Waals surface area contributed by atoms with E-state index in [4.69, 9.17) is 4.74 Å². The van der Waals surface area contributed by atoms with E-state index in [1.54, 1.807) is 7.11 Å². The Morgan fingerprint density at radius 2 is 1.93 bits per heavy atom. The number of aromatic nitrogens is 3. The van der Waals surface area contributed by atoms with Crippen LogP contribution in [0.5, 0.6) is 5.75 Å². The predicted octanol–water partition coefficient (Wildman–Crippen LogP) is 1.90. The molecule has 27 heavy (non-hydrogen) atoms. The molecule has 3 heterocycles. The number of carbonyl (C=O) groups excluding carboxylic acids is 1. The molecule has 2 aliphatic heterocycles. The molecule has 1 aromatic carbocycles. The van der Waals surface area contributed by atoms with E-state index in [1.807, 2.05) is 36.1 Å². The summed E-state index contributed by atoms with van der Waals surface area (Å²) in [6, 6.07) is 7.78. The highest BCUT2D eigenvalue weighted by atomic mass is 16.5. The van der Waals surface area contributed by atoms with Gasteiger partial charge in [-0.05, 0) is 37.5 Å². The molecule has 1 aromatic heterocycles. The van der Waals surface area contributed by atoms with E-state index in [0.29, 0.717) is 5.92 Å². The third-order valence-corrected chi connectivity index (χ3v) is 5.81. The van der Waals surface area contributed by atoms with Crippen LogP contribution < -0.4 is 10.1 Å². The Labute approximate surface area is 159 Å². The minimum Gasteiger partial charge on any atom is -0.497 e. The number of rotatable bonds is 4. The van der Waals surface area contributed by atoms with Crippen LogP contribution in [0.25, 0.3) is 0 Å². The first kappa shape index (κ1) is 18.0. The highest BCUT2D eigenvalue weighted by molar-refractivity contribution is 5.83. The number of piperidine rings is 1. The first-order valence-electron chi connectivity index (χ1n) is 9.73. The number of ether oxygens (including phenoxy) is 1. The van der Waals surface area contributed by atoms with Crippen LogP contribution in [0, 0.1) is 0 Å². The van der Waals surface area contributed by atoms with Gasteiger partial charge in [-0.3, -0.25) is 4.79 Å². The van der Waals surface area contributed by atoms with Crippen molar-refractivity contribution in [2.45, 2.75) is 44.7 Å². The van der Waals surface area contributed by atoms with Gasteiger partial charge in [0.1, 0.15) is 17.4 Å². The molecule has 0 saturated carbocycles. The highest BCUT2D eigenvalue weighted by Gasteiger charge is 2.30. The molecule has 4 rings (SSSR count). The first-order chi connectivity index (χ1) is 13.2. The molecule has 0 radical (unpaired) electrons. The Morgan fingerprint density at radius 3 is 2.63 bits per heavy atom. The lowest BCUT2D eigenvalue weighted by Gasteiger charge is -2.33. The Hall–Kier alpha value is -2.41. The molecule has 1 atom stereocenters. The van der Waals surface area contributed by atoms with E-state index >= 15 is 0 Å². The van der Waals surface area contributed by atoms with Crippen LogP contribution in [0.4, 0.5) is 0 Å². The number of nitrogens with one attached hydrogen (secondary N) is 1. The van der Waals surface area contributed by atoms with Gasteiger partial charge in [0, 0.05) is 32.1 Å². The zero-order valence-electron chi connectivity index (χ0n) is 16.0. The number of carbonyl (C=O) groups is 1. The number of fused-ring (bicyclic) bond motifs is 1. The molecule has 2 aromatic rings. The van der Waals surface area contributed by atoms with Crippen LogP contribution in [-0.4, -0.2) is 52.3 Å². The van der Waals surface area contributed by atoms with Crippen LogP contribution >= 0.6 is 0 Å². The molecule has 1 N–H and O–H groups in total. The lowest BCUT2D eigenvalue weighted by atomic mass is 9.93. The molecule has 0 spiro atoms. The standard InChI is InChI=1S/C20H27N5O2/c1-14(15-3-5-17(27-2)6-4-15)20(26)24-10-7-16(8-11-24)19-23-22-18-13-21-9-12-25(18)19/h3-6,14,16,21H,7-13H2,1-2H3. The van der Waals surface area contributed by atoms with Crippen LogP contribution in [0.15, 0.2) is 24.3 Å². The molecule has 1 saturated heterocycles. The molecular weight excluding hydrogens is 342 g/mol. The van der Waals surface area contributed by atoms with Gasteiger partial charge in [-0.2, -0.15) is 0 Å². The van der Waals surface area contributed by atoms with Crippen molar-refractivity contribution in [1.82, 2.24) is 25.0 Å². The second kappa shape index (κ2) is 7.68. The lowest BCUT2D eigenvalue weighted by Crippen LogP contribution is -2.40. The van der Waals surface area contributed by atoms with E-state index in [0.717, 1.165) is 68.5 Å². The van der Waals surface area contributed by atoms with Crippen LogP contribution in [0.2, 0.25) is 0 Å². The van der Waals surface area contributed by atoms with Gasteiger partial charge < -0.3 is 19.5 Å². The second-order valence-corrected chi connectivity index (χ2v) is 7.40. The van der Waals surface area contributed by atoms with Crippen molar-refractivity contribution in [2.75, 3.05) is 26.7 Å². The Bertz CT molecular complexity index is 793. The summed E-state index contributed by atoms with van der Waals surface area (Å²) < 4.78 is 7.46. The van der Waals surface area contributed by atoms with Crippen molar-refractivity contribution in [3.8, 4) is 5.75 Å². The van der Waals surface area contributed by atoms with Gasteiger partial charge in [0.05, 0.1) is 19.6 Å². The molecule has 0 bridgehead atoms. The maximum Gasteiger partial charge on any atom is 0.229 e. The van der Waals surface area contributed by atoms with Crippen molar-refractivity contribution >= 4 is 5.91 Å². The molecule has 1 amide bonds. The Kier molecular flexibility index (Phi) is 5.11. The number of nitrogens with zero attached hydrogens (tertiary/aromatic N) is 4. The van der Waals surface area contributed by atoms with Crippen LogP contribution in [0.3, 0.4) is 0 Å². The van der Waals surface area contributed by atoms with E-state index in [1.165, 1.54) is 0 Å². The molecule has 1 fully saturated rings. The zero-order valence-corrected chi connectivity index (χ0v) is 16.0. The fraction of sp³-hybridized carbons (Fsp3) is 0.550. The summed E-state index contributed by atoms with van der Waals surface area (Å²) in [7, 11) is 1.65. The van der Waals surface area contributed by atoms with E-state index in [2.05, 4.69) is 20.1 Å². The largest absolute Gasteiger partial charge is 0.497 e. The van der Waals surface area contributed by atoms with Crippen molar-refractivity contribution in [1.29, 1.82) is 0 Å². The summed E-state index contributed by atoms with van der Waals surface area (Å²) in [6.45, 7) is 6.25. The molecule has 0 aliphatic carbocycles. The zero-order chi connectivity index (χ0) is 18.8. The topological polar surface area (TPSA) is 72.3 Å². The van der Waals surface area contributed by atoms with Crippen molar-refractivity contribution in [2.24, 2.45) is 0 Å². The molecule has 7 nitrogen and oxygen atoms in total. The van der Waals surface area contributed by atoms with Gasteiger partial charge in [-0.1, -0.05) is 12.1 Å². The first-order valence-corrected chi connectivity index (χ1v) is 9.73. The minimum absolute atomic E-state index is 0.139. The SMILES string of the molecule is COc1ccc(C(C)C(=O)N2CCC(c3nnc4n3CCNC4)CC2)cc1. The lowest BCUT2D eigenvalue weighted by molar-refractivity contribution is -0.133. The fourth-order valence-electron chi connectivity index (χ4n) is 4.08. The van der Waals surface area contributed by atoms with Crippen molar-refractivity contribution < 1.29 is 9.53 Å². The number of benzene rings is 1. The third kappa shape index (κ3) is 3.56. The number of methoxy groups -OCH3 is 1. The normalized spacial score (nSPS) is 18.8. The van der Waals surface area contributed by atoms with Gasteiger partial charge in [0.2, 0.25) is 5.91 Å². The summed E-state index contributed by atoms with van der Waals surface area (Å²) in [5, 5.41) is 12.1. The summed E-state index contributed by atoms with van der Waals surface area (Å²) in [4.78, 5) is 14.9. The Morgan fingerprint density at radius 1 is 1.19 bits per heavy atom. The van der Waals surface area contributed by atoms with E-state index in [9.17, 15) is 4.79 Å². The monoisotopic (exact) mass is 369 g/mol. The minimum atomic E-state index is -0.139. The summed E-state index contributed by atoms with van der Waals surface area (Å²) >= 11 is 0. The number of likely N-dealkylation sites (tertiary alicyclic amines) is 1. The number of hydrogen-bond acceptors (Lipinski definition) is 5. The van der Waals surface area contributed by atoms with Crippen molar-refractivity contribution in [3.63, 3.8) is 0 Å². The molecule has 1 unspecified atom stereocenters. The quantitative estimate of drug-likeness (QED) is 0.891. The molecule has 2 aliphatic rings. The van der Waals surface area contributed by atoms with Crippen molar-refractivity contribution in [3.05, 3.63) is 41.5 Å². The third-order valence-electron chi connectivity index (χ3n) is 5.81. The molecular formula is C20H27N5O2. The fourth-order valence-corrected chi connectivity index (χ4v) is 4.08. The molecule has 7 heteroatoms. The predicted molar refractivity (Wildman–Crippen MR) is 102 cm³/mol. The van der Waals surface area contributed by atoms with E-state index in [-0.39, 0.29) is 11.8 Å². The van der Waals surface area contributed by atoms with Gasteiger partial charge in [-0.25, -0.2) is 0 Å². The van der Waals surface area contributed by atoms with Gasteiger partial charge in [-0.15, -0.1) is 10.2 Å². The number of amides is 1. The molecule has 144 valence electrons. The Balaban J connectivity index is 1.38. The maximum atomic E-state index is 12.9. The number of hydrogen-bond donors (Lipinski definition) is 1. The van der Waals surface area contributed by atoms with Gasteiger partial charge in [0.25, 0.3) is 0 Å². The summed E-state index contributed by atoms with van der Waals surface area (Å²) in [5.74, 6) is 3.39. The van der Waals surface area contributed by atoms with Gasteiger partial charge in [0.15, 0.2) is 0 Å². The van der Waals surface area contributed by atoms with Crippen LogP contribution in [0.1, 0.15) is 48.8 Å². The smallest absolute Gasteiger partial charge is 0.229 e.